The first-order valence-electron chi connectivity index (χ1n) is 10.5. The molecule has 1 amide bonds. The number of pyridine rings is 1. The van der Waals surface area contributed by atoms with Crippen molar-refractivity contribution in [3.63, 3.8) is 0 Å². The average Bonchev–Trinajstić information content (AvgIpc) is 3.35. The second kappa shape index (κ2) is 8.08. The number of amides is 1. The van der Waals surface area contributed by atoms with E-state index in [1.807, 2.05) is 19.1 Å². The van der Waals surface area contributed by atoms with Gasteiger partial charge in [-0.1, -0.05) is 0 Å². The molecule has 1 aliphatic rings. The van der Waals surface area contributed by atoms with Gasteiger partial charge in [0.15, 0.2) is 11.5 Å². The van der Waals surface area contributed by atoms with Crippen LogP contribution >= 0.6 is 11.3 Å². The summed E-state index contributed by atoms with van der Waals surface area (Å²) in [7, 11) is 0. The van der Waals surface area contributed by atoms with Gasteiger partial charge in [-0.15, -0.1) is 11.3 Å². The largest absolute Gasteiger partial charge is 0.384 e. The lowest BCUT2D eigenvalue weighted by Gasteiger charge is -2.35. The normalized spacial score (nSPS) is 16.2. The van der Waals surface area contributed by atoms with E-state index < -0.39 is 6.10 Å². The number of hydrogen-bond donors (Lipinski definition) is 3. The molecule has 4 aromatic rings. The van der Waals surface area contributed by atoms with Crippen molar-refractivity contribution in [3.05, 3.63) is 29.0 Å². The molecule has 1 fully saturated rings. The molecule has 0 aromatic carbocycles. The number of aliphatic hydroxyl groups excluding tert-OH is 1. The molecule has 5 heterocycles. The number of carbonyl (C=O) groups is 1. The number of anilines is 1. The van der Waals surface area contributed by atoms with Gasteiger partial charge in [0.05, 0.1) is 5.39 Å². The number of imidazole rings is 1. The number of nitrogen functional groups attached to an aromatic ring is 1. The van der Waals surface area contributed by atoms with Gasteiger partial charge >= 0.3 is 0 Å². The summed E-state index contributed by atoms with van der Waals surface area (Å²) in [4.78, 5) is 39.1. The average molecular weight is 453 g/mol. The summed E-state index contributed by atoms with van der Waals surface area (Å²) in [6.07, 6.45) is 0.774. The minimum absolute atomic E-state index is 0.209. The van der Waals surface area contributed by atoms with Crippen LogP contribution in [-0.4, -0.2) is 78.0 Å². The number of piperazine rings is 1. The molecule has 0 bridgehead atoms. The van der Waals surface area contributed by atoms with Gasteiger partial charge in [-0.05, 0) is 26.0 Å². The zero-order chi connectivity index (χ0) is 22.4. The van der Waals surface area contributed by atoms with E-state index in [0.29, 0.717) is 24.7 Å². The predicted molar refractivity (Wildman–Crippen MR) is 123 cm³/mol. The number of rotatable bonds is 4. The number of thiophene rings is 1. The summed E-state index contributed by atoms with van der Waals surface area (Å²) in [6.45, 7) is 6.90. The molecule has 32 heavy (non-hydrogen) atoms. The summed E-state index contributed by atoms with van der Waals surface area (Å²) in [6, 6.07) is 3.96. The third-order valence-corrected chi connectivity index (χ3v) is 6.62. The first-order chi connectivity index (χ1) is 15.4. The summed E-state index contributed by atoms with van der Waals surface area (Å²) in [5, 5.41) is 10.4. The van der Waals surface area contributed by atoms with Gasteiger partial charge in [0.25, 0.3) is 5.91 Å². The third kappa shape index (κ3) is 3.90. The maximum absolute atomic E-state index is 12.0. The van der Waals surface area contributed by atoms with Crippen LogP contribution in [0.5, 0.6) is 0 Å². The third-order valence-electron chi connectivity index (χ3n) is 5.61. The fourth-order valence-corrected chi connectivity index (χ4v) is 5.03. The number of hydrogen-bond acceptors (Lipinski definition) is 9. The van der Waals surface area contributed by atoms with Crippen molar-refractivity contribution in [2.24, 2.45) is 0 Å². The van der Waals surface area contributed by atoms with Gasteiger partial charge in [-0.2, -0.15) is 0 Å². The van der Waals surface area contributed by atoms with Crippen LogP contribution in [0.15, 0.2) is 18.3 Å². The van der Waals surface area contributed by atoms with Crippen LogP contribution in [0.4, 0.5) is 5.82 Å². The lowest BCUT2D eigenvalue weighted by molar-refractivity contribution is -0.141. The van der Waals surface area contributed by atoms with Crippen molar-refractivity contribution in [1.29, 1.82) is 0 Å². The SMILES string of the molecule is Cc1nc2cc(-c3nc(N)c4cc(CN5CCN(C(=O)[C@H](C)O)CC5)sc4n3)cnc2[nH]1. The minimum Gasteiger partial charge on any atom is -0.384 e. The molecular formula is C21H24N8O2S. The monoisotopic (exact) mass is 452 g/mol. The van der Waals surface area contributed by atoms with Crippen molar-refractivity contribution in [2.45, 2.75) is 26.5 Å². The number of nitrogens with one attached hydrogen (secondary N) is 1. The molecule has 1 atom stereocenters. The Kier molecular flexibility index (Phi) is 5.24. The number of H-pyrrole nitrogens is 1. The van der Waals surface area contributed by atoms with Crippen molar-refractivity contribution >= 4 is 44.4 Å². The van der Waals surface area contributed by atoms with Crippen LogP contribution in [0.25, 0.3) is 32.8 Å². The van der Waals surface area contributed by atoms with E-state index in [1.165, 1.54) is 6.92 Å². The Balaban J connectivity index is 1.35. The van der Waals surface area contributed by atoms with Crippen molar-refractivity contribution in [3.8, 4) is 11.4 Å². The van der Waals surface area contributed by atoms with Crippen molar-refractivity contribution in [2.75, 3.05) is 31.9 Å². The number of fused-ring (bicyclic) bond motifs is 2. The van der Waals surface area contributed by atoms with Crippen LogP contribution in [-0.2, 0) is 11.3 Å². The molecule has 0 radical (unpaired) electrons. The number of aliphatic hydroxyl groups is 1. The Morgan fingerprint density at radius 3 is 2.78 bits per heavy atom. The second-order valence-electron chi connectivity index (χ2n) is 8.06. The van der Waals surface area contributed by atoms with E-state index in [9.17, 15) is 9.90 Å². The lowest BCUT2D eigenvalue weighted by Crippen LogP contribution is -2.50. The molecule has 166 valence electrons. The summed E-state index contributed by atoms with van der Waals surface area (Å²) in [5.41, 5.74) is 8.54. The number of aryl methyl sites for hydroxylation is 1. The van der Waals surface area contributed by atoms with Crippen LogP contribution in [0.1, 0.15) is 17.6 Å². The highest BCUT2D eigenvalue weighted by Gasteiger charge is 2.24. The first-order valence-corrected chi connectivity index (χ1v) is 11.3. The molecule has 1 aliphatic heterocycles. The van der Waals surface area contributed by atoms with Gasteiger partial charge < -0.3 is 20.7 Å². The molecule has 0 aliphatic carbocycles. The second-order valence-corrected chi connectivity index (χ2v) is 9.17. The van der Waals surface area contributed by atoms with E-state index >= 15 is 0 Å². The van der Waals surface area contributed by atoms with Gasteiger partial charge in [0, 0.05) is 49.4 Å². The van der Waals surface area contributed by atoms with Gasteiger partial charge in [0.1, 0.15) is 28.1 Å². The molecule has 0 saturated carbocycles. The first kappa shape index (κ1) is 20.7. The molecule has 4 aromatic heterocycles. The quantitative estimate of drug-likeness (QED) is 0.424. The highest BCUT2D eigenvalue weighted by molar-refractivity contribution is 7.18. The van der Waals surface area contributed by atoms with Crippen LogP contribution in [0, 0.1) is 6.92 Å². The highest BCUT2D eigenvalue weighted by Crippen LogP contribution is 2.31. The molecule has 4 N–H and O–H groups in total. The Hall–Kier alpha value is -3.15. The number of aromatic nitrogens is 5. The molecule has 1 saturated heterocycles. The Bertz CT molecular complexity index is 1310. The topological polar surface area (TPSA) is 137 Å². The minimum atomic E-state index is -0.951. The maximum Gasteiger partial charge on any atom is 0.251 e. The number of carbonyl (C=O) groups excluding carboxylic acids is 1. The Labute approximate surface area is 188 Å². The van der Waals surface area contributed by atoms with Crippen molar-refractivity contribution in [1.82, 2.24) is 34.7 Å². The molecule has 5 rings (SSSR count). The highest BCUT2D eigenvalue weighted by atomic mass is 32.1. The van der Waals surface area contributed by atoms with Gasteiger partial charge in [-0.3, -0.25) is 9.69 Å². The smallest absolute Gasteiger partial charge is 0.251 e. The standard InChI is InChI=1S/C21H24N8O2S/c1-11(30)21(31)29-5-3-28(4-6-29)10-14-8-15-17(22)26-18(27-20(15)32-14)13-7-16-19(23-9-13)25-12(2)24-16/h7-9,11,30H,3-6,10H2,1-2H3,(H2,22,26,27)(H,23,24,25)/t11-/m0/s1. The molecule has 11 heteroatoms. The predicted octanol–water partition coefficient (Wildman–Crippen LogP) is 1.55. The fourth-order valence-electron chi connectivity index (χ4n) is 3.95. The van der Waals surface area contributed by atoms with E-state index in [2.05, 4.69) is 24.8 Å². The maximum atomic E-state index is 12.0. The summed E-state index contributed by atoms with van der Waals surface area (Å²) in [5.74, 6) is 1.57. The number of aromatic amines is 1. The Morgan fingerprint density at radius 2 is 2.03 bits per heavy atom. The number of nitrogens with two attached hydrogens (primary N) is 1. The van der Waals surface area contributed by atoms with Crippen LogP contribution < -0.4 is 5.73 Å². The molecule has 0 spiro atoms. The zero-order valence-corrected chi connectivity index (χ0v) is 18.7. The number of nitrogens with zero attached hydrogens (tertiary/aromatic N) is 6. The van der Waals surface area contributed by atoms with Crippen LogP contribution in [0.3, 0.4) is 0 Å². The van der Waals surface area contributed by atoms with E-state index in [0.717, 1.165) is 57.3 Å². The summed E-state index contributed by atoms with van der Waals surface area (Å²) < 4.78 is 0. The molecule has 0 unspecified atom stereocenters. The van der Waals surface area contributed by atoms with E-state index in [4.69, 9.17) is 10.7 Å². The van der Waals surface area contributed by atoms with Crippen molar-refractivity contribution < 1.29 is 9.90 Å². The lowest BCUT2D eigenvalue weighted by atomic mass is 10.2. The van der Waals surface area contributed by atoms with E-state index in [-0.39, 0.29) is 5.91 Å². The fraction of sp³-hybridized carbons (Fsp3) is 0.381. The molecule has 10 nitrogen and oxygen atoms in total. The van der Waals surface area contributed by atoms with E-state index in [1.54, 1.807) is 22.4 Å². The Morgan fingerprint density at radius 1 is 1.25 bits per heavy atom. The van der Waals surface area contributed by atoms with Gasteiger partial charge in [-0.25, -0.2) is 19.9 Å². The van der Waals surface area contributed by atoms with Crippen LogP contribution in [0.2, 0.25) is 0 Å². The molecular weight excluding hydrogens is 428 g/mol. The summed E-state index contributed by atoms with van der Waals surface area (Å²) >= 11 is 1.60. The zero-order valence-electron chi connectivity index (χ0n) is 17.9. The van der Waals surface area contributed by atoms with Gasteiger partial charge in [0.2, 0.25) is 0 Å².